The van der Waals surface area contributed by atoms with Gasteiger partial charge in [0.2, 0.25) is 0 Å². The number of ether oxygens (including phenoxy) is 1. The fourth-order valence-corrected chi connectivity index (χ4v) is 5.29. The number of nitrogens with zero attached hydrogens (tertiary/aromatic N) is 3. The SMILES string of the molecule is CC(Nc1cc(C(F)F)c(-c2sc(C(=O)N[C@H]3COC[C@@H]3O)nc2C(=O)N2CC(F)(F)C[C@@H]2C)cn1)C(F)(F)F. The lowest BCUT2D eigenvalue weighted by atomic mass is 10.1. The van der Waals surface area contributed by atoms with Crippen LogP contribution < -0.4 is 10.6 Å². The number of anilines is 1. The van der Waals surface area contributed by atoms with Crippen LogP contribution >= 0.6 is 11.3 Å². The number of carbonyl (C=O) groups is 2. The molecule has 0 bridgehead atoms. The number of alkyl halides is 7. The van der Waals surface area contributed by atoms with E-state index in [1.807, 2.05) is 5.32 Å². The molecule has 220 valence electrons. The standard InChI is InChI=1S/C23H24F7N5O4S/c1-9-4-22(26,27)8-35(9)21(38)16-17(40-20(34-16)19(37)33-13-6-39-7-14(13)36)12-5-31-15(3-11(12)18(24)25)32-10(2)23(28,29)30/h3,5,9-10,13-14,18,36H,4,6-8H2,1-2H3,(H,31,32)(H,33,37)/t9-,10?,13-,14-/m0/s1. The van der Waals surface area contributed by atoms with Crippen molar-refractivity contribution in [3.63, 3.8) is 0 Å². The number of pyridine rings is 1. The molecule has 4 rings (SSSR count). The van der Waals surface area contributed by atoms with Crippen molar-refractivity contribution in [2.75, 3.05) is 25.1 Å². The maximum absolute atomic E-state index is 14.1. The number of aliphatic hydroxyl groups excluding tert-OH is 1. The quantitative estimate of drug-likeness (QED) is 0.414. The highest BCUT2D eigenvalue weighted by atomic mass is 32.1. The highest BCUT2D eigenvalue weighted by Crippen LogP contribution is 2.40. The maximum atomic E-state index is 14.1. The fourth-order valence-electron chi connectivity index (χ4n) is 4.30. The van der Waals surface area contributed by atoms with Crippen molar-refractivity contribution in [2.45, 2.75) is 63.0 Å². The molecule has 0 aromatic carbocycles. The van der Waals surface area contributed by atoms with Gasteiger partial charge in [-0.25, -0.2) is 27.5 Å². The number of aliphatic hydroxyl groups is 1. The monoisotopic (exact) mass is 599 g/mol. The van der Waals surface area contributed by atoms with E-state index in [0.717, 1.165) is 18.0 Å². The Balaban J connectivity index is 1.76. The number of carbonyl (C=O) groups excluding carboxylic acids is 2. The Labute approximate surface area is 226 Å². The van der Waals surface area contributed by atoms with Crippen LogP contribution in [0.4, 0.5) is 36.6 Å². The minimum absolute atomic E-state index is 0.0262. The molecule has 2 saturated heterocycles. The third-order valence-corrected chi connectivity index (χ3v) is 7.54. The highest BCUT2D eigenvalue weighted by molar-refractivity contribution is 7.17. The molecule has 2 aromatic heterocycles. The summed E-state index contributed by atoms with van der Waals surface area (Å²) < 4.78 is 100. The van der Waals surface area contributed by atoms with Gasteiger partial charge in [0.15, 0.2) is 5.01 Å². The van der Waals surface area contributed by atoms with Crippen molar-refractivity contribution in [2.24, 2.45) is 0 Å². The summed E-state index contributed by atoms with van der Waals surface area (Å²) in [5.74, 6) is -5.67. The molecule has 2 amide bonds. The Morgan fingerprint density at radius 2 is 1.98 bits per heavy atom. The number of likely N-dealkylation sites (tertiary alicyclic amines) is 1. The molecule has 1 unspecified atom stereocenters. The van der Waals surface area contributed by atoms with E-state index in [2.05, 4.69) is 15.3 Å². The molecule has 2 fully saturated rings. The summed E-state index contributed by atoms with van der Waals surface area (Å²) in [4.78, 5) is 34.5. The molecular weight excluding hydrogens is 575 g/mol. The van der Waals surface area contributed by atoms with Gasteiger partial charge in [0.05, 0.1) is 36.8 Å². The zero-order valence-corrected chi connectivity index (χ0v) is 21.8. The van der Waals surface area contributed by atoms with Crippen LogP contribution in [-0.4, -0.2) is 87.9 Å². The van der Waals surface area contributed by atoms with Gasteiger partial charge in [0.1, 0.15) is 17.6 Å². The molecule has 9 nitrogen and oxygen atoms in total. The molecule has 3 N–H and O–H groups in total. The second-order valence-corrected chi connectivity index (χ2v) is 10.6. The van der Waals surface area contributed by atoms with E-state index in [1.54, 1.807) is 0 Å². The Morgan fingerprint density at radius 3 is 2.52 bits per heavy atom. The first-order chi connectivity index (χ1) is 18.6. The number of nitrogens with one attached hydrogen (secondary N) is 2. The first kappa shape index (κ1) is 29.9. The van der Waals surface area contributed by atoms with Gasteiger partial charge in [0, 0.05) is 29.8 Å². The average molecular weight is 600 g/mol. The van der Waals surface area contributed by atoms with E-state index in [-0.39, 0.29) is 18.1 Å². The van der Waals surface area contributed by atoms with Gasteiger partial charge in [-0.15, -0.1) is 11.3 Å². The lowest BCUT2D eigenvalue weighted by Gasteiger charge is -2.21. The van der Waals surface area contributed by atoms with E-state index in [9.17, 15) is 45.4 Å². The Bertz CT molecular complexity index is 1270. The summed E-state index contributed by atoms with van der Waals surface area (Å²) in [6.07, 6.45) is -8.84. The second kappa shape index (κ2) is 11.1. The van der Waals surface area contributed by atoms with Crippen molar-refractivity contribution in [3.8, 4) is 10.4 Å². The zero-order chi connectivity index (χ0) is 29.6. The molecule has 4 heterocycles. The number of hydrogen-bond donors (Lipinski definition) is 3. The van der Waals surface area contributed by atoms with Crippen LogP contribution in [0.1, 0.15) is 52.5 Å². The van der Waals surface area contributed by atoms with Gasteiger partial charge in [-0.3, -0.25) is 9.59 Å². The maximum Gasteiger partial charge on any atom is 0.408 e. The van der Waals surface area contributed by atoms with Gasteiger partial charge in [-0.05, 0) is 19.9 Å². The second-order valence-electron chi connectivity index (χ2n) is 9.59. The minimum Gasteiger partial charge on any atom is -0.388 e. The van der Waals surface area contributed by atoms with Crippen molar-refractivity contribution < 1.29 is 50.2 Å². The Hall–Kier alpha value is -3.05. The van der Waals surface area contributed by atoms with Crippen LogP contribution in [0.25, 0.3) is 10.4 Å². The molecule has 17 heteroatoms. The van der Waals surface area contributed by atoms with Crippen LogP contribution in [0.15, 0.2) is 12.3 Å². The first-order valence-electron chi connectivity index (χ1n) is 12.0. The van der Waals surface area contributed by atoms with Gasteiger partial charge < -0.3 is 25.4 Å². The third-order valence-electron chi connectivity index (χ3n) is 6.45. The Morgan fingerprint density at radius 1 is 1.27 bits per heavy atom. The van der Waals surface area contributed by atoms with Crippen LogP contribution in [0, 0.1) is 0 Å². The highest BCUT2D eigenvalue weighted by Gasteiger charge is 2.46. The molecule has 0 spiro atoms. The summed E-state index contributed by atoms with van der Waals surface area (Å²) >= 11 is 0.495. The predicted molar refractivity (Wildman–Crippen MR) is 128 cm³/mol. The van der Waals surface area contributed by atoms with Crippen LogP contribution in [0.2, 0.25) is 0 Å². The number of halogens is 7. The normalized spacial score (nSPS) is 23.5. The zero-order valence-electron chi connectivity index (χ0n) is 20.9. The van der Waals surface area contributed by atoms with Crippen LogP contribution in [0.5, 0.6) is 0 Å². The molecule has 2 aliphatic heterocycles. The van der Waals surface area contributed by atoms with Crippen LogP contribution in [-0.2, 0) is 4.74 Å². The van der Waals surface area contributed by atoms with Crippen molar-refractivity contribution in [3.05, 3.63) is 28.5 Å². The van der Waals surface area contributed by atoms with E-state index < -0.39 is 95.2 Å². The van der Waals surface area contributed by atoms with Gasteiger partial charge in [-0.2, -0.15) is 13.2 Å². The molecule has 2 aliphatic rings. The summed E-state index contributed by atoms with van der Waals surface area (Å²) in [6, 6.07) is -3.21. The largest absolute Gasteiger partial charge is 0.408 e. The molecule has 4 atom stereocenters. The smallest absolute Gasteiger partial charge is 0.388 e. The summed E-state index contributed by atoms with van der Waals surface area (Å²) in [7, 11) is 0. The molecule has 40 heavy (non-hydrogen) atoms. The number of rotatable bonds is 7. The third kappa shape index (κ3) is 6.30. The van der Waals surface area contributed by atoms with E-state index in [0.29, 0.717) is 17.4 Å². The average Bonchev–Trinajstić information content (AvgIpc) is 3.54. The van der Waals surface area contributed by atoms with Crippen molar-refractivity contribution >= 4 is 29.0 Å². The molecule has 0 aliphatic carbocycles. The van der Waals surface area contributed by atoms with Crippen LogP contribution in [0.3, 0.4) is 0 Å². The van der Waals surface area contributed by atoms with Gasteiger partial charge in [-0.1, -0.05) is 0 Å². The number of amides is 2. The number of thiazole rings is 1. The topological polar surface area (TPSA) is 117 Å². The van der Waals surface area contributed by atoms with Gasteiger partial charge >= 0.3 is 6.18 Å². The fraction of sp³-hybridized carbons (Fsp3) is 0.565. The molecule has 0 radical (unpaired) electrons. The minimum atomic E-state index is -4.70. The summed E-state index contributed by atoms with van der Waals surface area (Å²) in [5.41, 5.74) is -1.81. The van der Waals surface area contributed by atoms with Gasteiger partial charge in [0.25, 0.3) is 24.2 Å². The molecule has 2 aromatic rings. The van der Waals surface area contributed by atoms with E-state index >= 15 is 0 Å². The lowest BCUT2D eigenvalue weighted by molar-refractivity contribution is -0.138. The van der Waals surface area contributed by atoms with Crippen molar-refractivity contribution in [1.82, 2.24) is 20.2 Å². The number of aromatic nitrogens is 2. The van der Waals surface area contributed by atoms with E-state index in [1.165, 1.54) is 6.92 Å². The summed E-state index contributed by atoms with van der Waals surface area (Å²) in [6.45, 7) is 1.10. The van der Waals surface area contributed by atoms with E-state index in [4.69, 9.17) is 4.74 Å². The predicted octanol–water partition coefficient (Wildman–Crippen LogP) is 3.86. The first-order valence-corrected chi connectivity index (χ1v) is 12.8. The lowest BCUT2D eigenvalue weighted by Crippen LogP contribution is -2.42. The van der Waals surface area contributed by atoms with Crippen molar-refractivity contribution in [1.29, 1.82) is 0 Å². The Kier molecular flexibility index (Phi) is 8.29. The molecule has 0 saturated carbocycles. The molecular formula is C23H24F7N5O4S. The number of hydrogen-bond acceptors (Lipinski definition) is 8. The summed E-state index contributed by atoms with van der Waals surface area (Å²) in [5, 5.41) is 14.0.